The monoisotopic (exact) mass is 367 g/mol. The lowest BCUT2D eigenvalue weighted by molar-refractivity contribution is 0.0919. The van der Waals surface area contributed by atoms with E-state index in [1.54, 1.807) is 0 Å². The summed E-state index contributed by atoms with van der Waals surface area (Å²) in [4.78, 5) is 26.6. The molecule has 0 radical (unpaired) electrons. The van der Waals surface area contributed by atoms with Crippen LogP contribution in [0, 0.1) is 5.82 Å². The number of carbonyl (C=O) groups is 2. The minimum absolute atomic E-state index is 0.0160. The molecule has 2 aromatic rings. The lowest BCUT2D eigenvalue weighted by Crippen LogP contribution is -2.24. The molecule has 0 aliphatic carbocycles. The van der Waals surface area contributed by atoms with Gasteiger partial charge < -0.3 is 9.64 Å². The number of hydrogen-bond donors (Lipinski definition) is 0. The fraction of sp³-hybridized carbons (Fsp3) is 0.364. The summed E-state index contributed by atoms with van der Waals surface area (Å²) >= 11 is 0. The normalized spacial score (nSPS) is 19.6. The number of Topliss-reactive ketones (excluding diaryl/α,β-unsaturated/α-hetero) is 2. The van der Waals surface area contributed by atoms with Crippen LogP contribution < -0.4 is 4.74 Å². The van der Waals surface area contributed by atoms with Crippen molar-refractivity contribution in [2.75, 3.05) is 26.2 Å². The summed E-state index contributed by atoms with van der Waals surface area (Å²) in [6, 6.07) is 13.3. The Balaban J connectivity index is 1.38. The van der Waals surface area contributed by atoms with Gasteiger partial charge in [0.05, 0.1) is 17.7 Å². The molecule has 1 atom stereocenters. The molecule has 1 unspecified atom stereocenters. The van der Waals surface area contributed by atoms with E-state index in [-0.39, 0.29) is 47.9 Å². The zero-order chi connectivity index (χ0) is 18.8. The first kappa shape index (κ1) is 17.9. The van der Waals surface area contributed by atoms with Gasteiger partial charge in [0, 0.05) is 25.9 Å². The minimum Gasteiger partial charge on any atom is -0.489 e. The highest BCUT2D eigenvalue weighted by molar-refractivity contribution is 6.02. The van der Waals surface area contributed by atoms with Crippen LogP contribution >= 0.6 is 0 Å². The number of rotatable bonds is 5. The number of benzene rings is 2. The Morgan fingerprint density at radius 3 is 2.81 bits per heavy atom. The van der Waals surface area contributed by atoms with E-state index in [0.717, 1.165) is 19.5 Å². The van der Waals surface area contributed by atoms with Crippen molar-refractivity contribution in [1.29, 1.82) is 0 Å². The molecule has 27 heavy (non-hydrogen) atoms. The van der Waals surface area contributed by atoms with Crippen LogP contribution in [0.25, 0.3) is 0 Å². The van der Waals surface area contributed by atoms with E-state index in [4.69, 9.17) is 4.74 Å². The topological polar surface area (TPSA) is 46.6 Å². The Kier molecular flexibility index (Phi) is 5.03. The Morgan fingerprint density at radius 1 is 1.19 bits per heavy atom. The molecule has 2 aliphatic heterocycles. The number of carbonyl (C=O) groups excluding carboxylic acids is 2. The molecule has 2 aliphatic rings. The van der Waals surface area contributed by atoms with Crippen molar-refractivity contribution in [3.05, 3.63) is 65.0 Å². The number of likely N-dealkylation sites (tertiary alicyclic amines) is 1. The van der Waals surface area contributed by atoms with Crippen LogP contribution in [0.2, 0.25) is 0 Å². The zero-order valence-electron chi connectivity index (χ0n) is 15.1. The molecule has 1 saturated heterocycles. The fourth-order valence-corrected chi connectivity index (χ4v) is 3.94. The zero-order valence-corrected chi connectivity index (χ0v) is 15.1. The third kappa shape index (κ3) is 3.65. The number of nitrogens with zero attached hydrogens (tertiary/aromatic N) is 1. The summed E-state index contributed by atoms with van der Waals surface area (Å²) in [7, 11) is 0. The summed E-state index contributed by atoms with van der Waals surface area (Å²) in [6.07, 6.45) is 1.57. The maximum Gasteiger partial charge on any atom is 0.176 e. The van der Waals surface area contributed by atoms with E-state index in [1.807, 2.05) is 18.2 Å². The number of hydrogen-bond acceptors (Lipinski definition) is 4. The van der Waals surface area contributed by atoms with Gasteiger partial charge >= 0.3 is 0 Å². The summed E-state index contributed by atoms with van der Waals surface area (Å²) in [5, 5.41) is 0. The van der Waals surface area contributed by atoms with Gasteiger partial charge in [0.25, 0.3) is 0 Å². The molecule has 1 fully saturated rings. The van der Waals surface area contributed by atoms with Crippen LogP contribution in [0.3, 0.4) is 0 Å². The van der Waals surface area contributed by atoms with Gasteiger partial charge in [-0.3, -0.25) is 9.59 Å². The summed E-state index contributed by atoms with van der Waals surface area (Å²) in [6.45, 7) is 2.63. The van der Waals surface area contributed by atoms with E-state index in [1.165, 1.54) is 17.7 Å². The highest BCUT2D eigenvalue weighted by Gasteiger charge is 2.27. The maximum atomic E-state index is 14.7. The molecule has 5 heteroatoms. The van der Waals surface area contributed by atoms with Gasteiger partial charge in [-0.25, -0.2) is 4.39 Å². The Bertz CT molecular complexity index is 865. The van der Waals surface area contributed by atoms with E-state index < -0.39 is 5.82 Å². The number of fused-ring (bicyclic) bond motifs is 1. The van der Waals surface area contributed by atoms with E-state index in [2.05, 4.69) is 17.0 Å². The van der Waals surface area contributed by atoms with E-state index >= 15 is 0 Å². The molecule has 4 nitrogen and oxygen atoms in total. The minimum atomic E-state index is -0.700. The predicted octanol–water partition coefficient (Wildman–Crippen LogP) is 3.85. The van der Waals surface area contributed by atoms with Crippen molar-refractivity contribution in [2.45, 2.75) is 25.2 Å². The third-order valence-corrected chi connectivity index (χ3v) is 5.47. The van der Waals surface area contributed by atoms with Gasteiger partial charge in [-0.05, 0) is 36.6 Å². The molecular formula is C22H22FNO3. The highest BCUT2D eigenvalue weighted by atomic mass is 19.1. The quantitative estimate of drug-likeness (QED) is 0.753. The van der Waals surface area contributed by atoms with Gasteiger partial charge in [0.15, 0.2) is 23.1 Å². The molecule has 0 N–H and O–H groups in total. The summed E-state index contributed by atoms with van der Waals surface area (Å²) in [5.41, 5.74) is 1.58. The molecule has 0 saturated carbocycles. The number of ether oxygens (including phenoxy) is 1. The van der Waals surface area contributed by atoms with Gasteiger partial charge in [-0.1, -0.05) is 30.3 Å². The largest absolute Gasteiger partial charge is 0.489 e. The van der Waals surface area contributed by atoms with Gasteiger partial charge in [0.1, 0.15) is 0 Å². The van der Waals surface area contributed by atoms with E-state index in [0.29, 0.717) is 12.5 Å². The third-order valence-electron chi connectivity index (χ3n) is 5.47. The molecule has 2 heterocycles. The standard InChI is InChI=1S/C22H22FNO3/c23-21-17(6-7-18-20(26)10-13-27-22(18)21)19(25)9-12-24-11-8-16(14-24)15-4-2-1-3-5-15/h1-7,16H,8-14H2. The second-order valence-electron chi connectivity index (χ2n) is 7.20. The lowest BCUT2D eigenvalue weighted by atomic mass is 9.98. The Morgan fingerprint density at radius 2 is 2.00 bits per heavy atom. The Labute approximate surface area is 157 Å². The average molecular weight is 367 g/mol. The van der Waals surface area contributed by atoms with Crippen LogP contribution in [-0.4, -0.2) is 42.7 Å². The fourth-order valence-electron chi connectivity index (χ4n) is 3.94. The van der Waals surface area contributed by atoms with Gasteiger partial charge in [-0.2, -0.15) is 0 Å². The number of halogens is 1. The maximum absolute atomic E-state index is 14.7. The van der Waals surface area contributed by atoms with E-state index in [9.17, 15) is 14.0 Å². The van der Waals surface area contributed by atoms with Crippen molar-refractivity contribution in [3.63, 3.8) is 0 Å². The average Bonchev–Trinajstić information content (AvgIpc) is 3.17. The molecular weight excluding hydrogens is 345 g/mol. The second-order valence-corrected chi connectivity index (χ2v) is 7.20. The van der Waals surface area contributed by atoms with Crippen molar-refractivity contribution < 1.29 is 18.7 Å². The molecule has 0 bridgehead atoms. The number of ketones is 2. The van der Waals surface area contributed by atoms with Crippen molar-refractivity contribution in [2.24, 2.45) is 0 Å². The first-order chi connectivity index (χ1) is 13.1. The van der Waals surface area contributed by atoms with Gasteiger partial charge in [-0.15, -0.1) is 0 Å². The Hall–Kier alpha value is -2.53. The van der Waals surface area contributed by atoms with Crippen LogP contribution in [0.5, 0.6) is 5.75 Å². The summed E-state index contributed by atoms with van der Waals surface area (Å²) < 4.78 is 19.9. The second kappa shape index (κ2) is 7.61. The smallest absolute Gasteiger partial charge is 0.176 e. The van der Waals surface area contributed by atoms with Crippen LogP contribution in [0.4, 0.5) is 4.39 Å². The molecule has 4 rings (SSSR count). The van der Waals surface area contributed by atoms with Crippen LogP contribution in [0.15, 0.2) is 42.5 Å². The van der Waals surface area contributed by atoms with Crippen molar-refractivity contribution >= 4 is 11.6 Å². The van der Waals surface area contributed by atoms with Crippen LogP contribution in [-0.2, 0) is 0 Å². The molecule has 140 valence electrons. The molecule has 0 aromatic heterocycles. The lowest BCUT2D eigenvalue weighted by Gasteiger charge is -2.19. The molecule has 2 aromatic carbocycles. The highest BCUT2D eigenvalue weighted by Crippen LogP contribution is 2.31. The SMILES string of the molecule is O=C(CCN1CCC(c2ccccc2)C1)c1ccc2c(c1F)OCCC2=O. The van der Waals surface area contributed by atoms with Crippen molar-refractivity contribution in [3.8, 4) is 5.75 Å². The molecule has 0 amide bonds. The predicted molar refractivity (Wildman–Crippen MR) is 100 cm³/mol. The van der Waals surface area contributed by atoms with Gasteiger partial charge in [0.2, 0.25) is 0 Å². The summed E-state index contributed by atoms with van der Waals surface area (Å²) in [5.74, 6) is -0.670. The first-order valence-corrected chi connectivity index (χ1v) is 9.42. The van der Waals surface area contributed by atoms with Crippen molar-refractivity contribution in [1.82, 2.24) is 4.90 Å². The van der Waals surface area contributed by atoms with Crippen LogP contribution in [0.1, 0.15) is 51.5 Å². The molecule has 0 spiro atoms. The first-order valence-electron chi connectivity index (χ1n) is 9.42.